The van der Waals surface area contributed by atoms with Crippen molar-refractivity contribution in [1.82, 2.24) is 0 Å². The van der Waals surface area contributed by atoms with Gasteiger partial charge in [-0.2, -0.15) is 0 Å². The van der Waals surface area contributed by atoms with E-state index >= 15 is 0 Å². The molecule has 94 valence electrons. The third kappa shape index (κ3) is 2.86. The fourth-order valence-corrected chi connectivity index (χ4v) is 5.61. The molecule has 0 radical (unpaired) electrons. The topological polar surface area (TPSA) is 43.1 Å². The van der Waals surface area contributed by atoms with E-state index in [0.717, 1.165) is 13.0 Å². The largest absolute Gasteiger partial charge is 0.330 e. The molecule has 0 amide bonds. The van der Waals surface area contributed by atoms with Gasteiger partial charge in [0.15, 0.2) is 0 Å². The Labute approximate surface area is 102 Å². The maximum Gasteiger partial charge on any atom is 0.0391 e. The van der Waals surface area contributed by atoms with Gasteiger partial charge in [-0.15, -0.1) is 0 Å². The van der Waals surface area contributed by atoms with E-state index in [2.05, 4.69) is 0 Å². The minimum Gasteiger partial charge on any atom is -0.330 e. The first-order valence-electron chi connectivity index (χ1n) is 6.92. The molecular weight excluding hydrogens is 218 g/mol. The van der Waals surface area contributed by atoms with Gasteiger partial charge in [0.25, 0.3) is 0 Å². The highest BCUT2D eigenvalue weighted by Gasteiger charge is 2.33. The fourth-order valence-electron chi connectivity index (χ4n) is 3.29. The van der Waals surface area contributed by atoms with Crippen LogP contribution in [-0.2, 0) is 10.8 Å². The molecule has 2 fully saturated rings. The number of nitrogens with two attached hydrogens (primary N) is 1. The van der Waals surface area contributed by atoms with E-state index in [4.69, 9.17) is 5.73 Å². The van der Waals surface area contributed by atoms with Gasteiger partial charge in [0.2, 0.25) is 0 Å². The van der Waals surface area contributed by atoms with Crippen molar-refractivity contribution >= 4 is 10.8 Å². The molecule has 2 rings (SSSR count). The lowest BCUT2D eigenvalue weighted by atomic mass is 10.0. The molecular formula is C13H25NOS. The summed E-state index contributed by atoms with van der Waals surface area (Å²) in [6.45, 7) is 0.739. The van der Waals surface area contributed by atoms with Crippen LogP contribution >= 0.6 is 0 Å². The first-order valence-corrected chi connectivity index (χ1v) is 8.20. The molecule has 0 aromatic heterocycles. The maximum atomic E-state index is 12.6. The summed E-state index contributed by atoms with van der Waals surface area (Å²) in [7, 11) is -0.603. The maximum absolute atomic E-state index is 12.6. The van der Waals surface area contributed by atoms with Crippen LogP contribution in [0.3, 0.4) is 0 Å². The summed E-state index contributed by atoms with van der Waals surface area (Å²) in [5.41, 5.74) is 5.87. The highest BCUT2D eigenvalue weighted by Crippen LogP contribution is 2.32. The van der Waals surface area contributed by atoms with E-state index in [1.54, 1.807) is 0 Å². The van der Waals surface area contributed by atoms with E-state index in [-0.39, 0.29) is 0 Å². The van der Waals surface area contributed by atoms with Gasteiger partial charge in [-0.1, -0.05) is 32.1 Å². The standard InChI is InChI=1S/C13H25NOS/c14-10-11-6-2-1-3-9-13(11)16(15)12-7-4-5-8-12/h11-13H,1-10,14H2. The van der Waals surface area contributed by atoms with Gasteiger partial charge in [0.05, 0.1) is 0 Å². The predicted molar refractivity (Wildman–Crippen MR) is 69.8 cm³/mol. The molecule has 0 bridgehead atoms. The summed E-state index contributed by atoms with van der Waals surface area (Å²) < 4.78 is 12.6. The number of hydrogen-bond donors (Lipinski definition) is 1. The zero-order valence-electron chi connectivity index (χ0n) is 10.2. The van der Waals surface area contributed by atoms with Crippen molar-refractivity contribution in [3.8, 4) is 0 Å². The molecule has 2 aliphatic rings. The molecule has 0 aromatic carbocycles. The lowest BCUT2D eigenvalue weighted by Gasteiger charge is -2.25. The Hall–Kier alpha value is 0.110. The van der Waals surface area contributed by atoms with Crippen LogP contribution in [0.15, 0.2) is 0 Å². The van der Waals surface area contributed by atoms with Gasteiger partial charge < -0.3 is 5.73 Å². The fraction of sp³-hybridized carbons (Fsp3) is 1.00. The molecule has 2 N–H and O–H groups in total. The van der Waals surface area contributed by atoms with Crippen LogP contribution in [-0.4, -0.2) is 21.3 Å². The Morgan fingerprint density at radius 3 is 2.25 bits per heavy atom. The van der Waals surface area contributed by atoms with Crippen molar-refractivity contribution in [1.29, 1.82) is 0 Å². The average Bonchev–Trinajstić information content (AvgIpc) is 2.73. The highest BCUT2D eigenvalue weighted by molar-refractivity contribution is 7.86. The third-order valence-electron chi connectivity index (χ3n) is 4.32. The van der Waals surface area contributed by atoms with E-state index < -0.39 is 10.8 Å². The zero-order valence-corrected chi connectivity index (χ0v) is 11.0. The highest BCUT2D eigenvalue weighted by atomic mass is 32.2. The van der Waals surface area contributed by atoms with E-state index in [1.165, 1.54) is 51.4 Å². The second-order valence-corrected chi connectivity index (χ2v) is 7.34. The van der Waals surface area contributed by atoms with Crippen molar-refractivity contribution in [3.05, 3.63) is 0 Å². The van der Waals surface area contributed by atoms with E-state index in [0.29, 0.717) is 16.4 Å². The predicted octanol–water partition coefficient (Wildman–Crippen LogP) is 2.59. The molecule has 2 aliphatic carbocycles. The van der Waals surface area contributed by atoms with Crippen LogP contribution in [0.1, 0.15) is 57.8 Å². The van der Waals surface area contributed by atoms with Crippen molar-refractivity contribution in [3.63, 3.8) is 0 Å². The summed E-state index contributed by atoms with van der Waals surface area (Å²) in [6.07, 6.45) is 11.2. The monoisotopic (exact) mass is 243 g/mol. The summed E-state index contributed by atoms with van der Waals surface area (Å²) in [4.78, 5) is 0. The van der Waals surface area contributed by atoms with Crippen LogP contribution in [0.5, 0.6) is 0 Å². The molecule has 3 unspecified atom stereocenters. The average molecular weight is 243 g/mol. The third-order valence-corrected chi connectivity index (χ3v) is 6.67. The SMILES string of the molecule is NCC1CCCCCC1S(=O)C1CCCC1. The molecule has 0 aromatic rings. The second kappa shape index (κ2) is 6.15. The summed E-state index contributed by atoms with van der Waals surface area (Å²) in [5.74, 6) is 0.531. The van der Waals surface area contributed by atoms with Crippen LogP contribution < -0.4 is 5.73 Å². The lowest BCUT2D eigenvalue weighted by Crippen LogP contribution is -2.34. The Balaban J connectivity index is 2.00. The zero-order chi connectivity index (χ0) is 11.4. The Morgan fingerprint density at radius 2 is 1.56 bits per heavy atom. The quantitative estimate of drug-likeness (QED) is 0.774. The van der Waals surface area contributed by atoms with Crippen LogP contribution in [0.4, 0.5) is 0 Å². The smallest absolute Gasteiger partial charge is 0.0391 e. The summed E-state index contributed by atoms with van der Waals surface area (Å²) in [6, 6.07) is 0. The minimum atomic E-state index is -0.603. The normalized spacial score (nSPS) is 34.8. The van der Waals surface area contributed by atoms with Gasteiger partial charge in [0.1, 0.15) is 0 Å². The van der Waals surface area contributed by atoms with Gasteiger partial charge >= 0.3 is 0 Å². The van der Waals surface area contributed by atoms with Crippen molar-refractivity contribution in [2.24, 2.45) is 11.7 Å². The number of hydrogen-bond acceptors (Lipinski definition) is 2. The van der Waals surface area contributed by atoms with Crippen molar-refractivity contribution in [2.45, 2.75) is 68.3 Å². The van der Waals surface area contributed by atoms with Crippen LogP contribution in [0.25, 0.3) is 0 Å². The van der Waals surface area contributed by atoms with Crippen molar-refractivity contribution < 1.29 is 4.21 Å². The molecule has 2 saturated carbocycles. The van der Waals surface area contributed by atoms with Gasteiger partial charge in [-0.25, -0.2) is 0 Å². The molecule has 0 saturated heterocycles. The Kier molecular flexibility index (Phi) is 4.83. The Morgan fingerprint density at radius 1 is 0.938 bits per heavy atom. The van der Waals surface area contributed by atoms with Gasteiger partial charge in [0, 0.05) is 21.3 Å². The molecule has 0 spiro atoms. The summed E-state index contributed by atoms with van der Waals surface area (Å²) in [5, 5.41) is 0.910. The van der Waals surface area contributed by atoms with Gasteiger partial charge in [-0.3, -0.25) is 4.21 Å². The first kappa shape index (κ1) is 12.6. The minimum absolute atomic E-state index is 0.413. The molecule has 0 aliphatic heterocycles. The van der Waals surface area contributed by atoms with Crippen molar-refractivity contribution in [2.75, 3.05) is 6.54 Å². The molecule has 0 heterocycles. The first-order chi connectivity index (χ1) is 7.83. The number of rotatable bonds is 3. The summed E-state index contributed by atoms with van der Waals surface area (Å²) >= 11 is 0. The van der Waals surface area contributed by atoms with E-state index in [1.807, 2.05) is 0 Å². The molecule has 3 heteroatoms. The molecule has 3 atom stereocenters. The lowest BCUT2D eigenvalue weighted by molar-refractivity contribution is 0.471. The Bertz CT molecular complexity index is 238. The van der Waals surface area contributed by atoms with E-state index in [9.17, 15) is 4.21 Å². The molecule has 16 heavy (non-hydrogen) atoms. The second-order valence-electron chi connectivity index (χ2n) is 5.41. The van der Waals surface area contributed by atoms with Crippen LogP contribution in [0, 0.1) is 5.92 Å². The van der Waals surface area contributed by atoms with Gasteiger partial charge in [-0.05, 0) is 38.1 Å². The van der Waals surface area contributed by atoms with Crippen LogP contribution in [0.2, 0.25) is 0 Å². The molecule has 2 nitrogen and oxygen atoms in total.